The number of H-pyrrole nitrogens is 1. The van der Waals surface area contributed by atoms with Crippen LogP contribution >= 0.6 is 11.6 Å². The Labute approximate surface area is 113 Å². The van der Waals surface area contributed by atoms with Crippen molar-refractivity contribution in [1.29, 1.82) is 0 Å². The van der Waals surface area contributed by atoms with Crippen LogP contribution in [0.15, 0.2) is 12.1 Å². The molecule has 0 unspecified atom stereocenters. The van der Waals surface area contributed by atoms with Gasteiger partial charge in [0.25, 0.3) is 0 Å². The van der Waals surface area contributed by atoms with E-state index < -0.39 is 0 Å². The van der Waals surface area contributed by atoms with Crippen molar-refractivity contribution < 1.29 is 14.3 Å². The number of benzene rings is 1. The van der Waals surface area contributed by atoms with Gasteiger partial charge in [-0.1, -0.05) is 11.6 Å². The van der Waals surface area contributed by atoms with E-state index in [0.29, 0.717) is 53.1 Å². The van der Waals surface area contributed by atoms with Crippen LogP contribution in [0, 0.1) is 0 Å². The lowest BCUT2D eigenvalue weighted by Crippen LogP contribution is -2.17. The molecule has 0 amide bonds. The van der Waals surface area contributed by atoms with Crippen LogP contribution in [-0.2, 0) is 0 Å². The highest BCUT2D eigenvalue weighted by Crippen LogP contribution is 2.44. The highest BCUT2D eigenvalue weighted by Gasteiger charge is 2.24. The number of fused-ring (bicyclic) bond motifs is 1. The molecule has 0 fully saturated rings. The number of hydrogen-bond donors (Lipinski definition) is 2. The van der Waals surface area contributed by atoms with Gasteiger partial charge in [0.15, 0.2) is 17.8 Å². The molecule has 0 radical (unpaired) electrons. The summed E-state index contributed by atoms with van der Waals surface area (Å²) in [7, 11) is 0. The first-order valence-electron chi connectivity index (χ1n) is 5.59. The second-order valence-electron chi connectivity index (χ2n) is 4.00. The lowest BCUT2D eigenvalue weighted by Gasteiger charge is -2.22. The summed E-state index contributed by atoms with van der Waals surface area (Å²) in [5.74, 6) is 1.19. The number of halogens is 1. The molecular weight excluding hydrogens is 270 g/mol. The summed E-state index contributed by atoms with van der Waals surface area (Å²) in [5, 5.41) is 6.93. The molecule has 1 aliphatic heterocycles. The van der Waals surface area contributed by atoms with Gasteiger partial charge in [0.1, 0.15) is 19.0 Å². The van der Waals surface area contributed by atoms with E-state index in [4.69, 9.17) is 26.8 Å². The molecule has 3 N–H and O–H groups in total. The third kappa shape index (κ3) is 1.90. The molecule has 0 aliphatic carbocycles. The number of nitrogens with zero attached hydrogens (tertiary/aromatic N) is 1. The normalized spacial score (nSPS) is 13.3. The first-order chi connectivity index (χ1) is 9.20. The van der Waals surface area contributed by atoms with Crippen molar-refractivity contribution in [3.05, 3.63) is 22.7 Å². The average Bonchev–Trinajstić information content (AvgIpc) is 2.84. The SMILES string of the molecule is Nc1cc(-c2cc(Cl)c(C=O)c3c2OCCO3)[nH]n1. The molecule has 0 spiro atoms. The van der Waals surface area contributed by atoms with E-state index in [9.17, 15) is 4.79 Å². The van der Waals surface area contributed by atoms with E-state index in [-0.39, 0.29) is 5.56 Å². The molecule has 2 aromatic rings. The summed E-state index contributed by atoms with van der Waals surface area (Å²) in [4.78, 5) is 11.1. The smallest absolute Gasteiger partial charge is 0.174 e. The molecule has 1 aromatic carbocycles. The van der Waals surface area contributed by atoms with Gasteiger partial charge >= 0.3 is 0 Å². The molecule has 1 aliphatic rings. The lowest BCUT2D eigenvalue weighted by molar-refractivity contribution is 0.111. The first-order valence-corrected chi connectivity index (χ1v) is 5.97. The van der Waals surface area contributed by atoms with Crippen LogP contribution in [0.1, 0.15) is 10.4 Å². The Morgan fingerprint density at radius 3 is 2.68 bits per heavy atom. The van der Waals surface area contributed by atoms with E-state index in [1.54, 1.807) is 12.1 Å². The van der Waals surface area contributed by atoms with E-state index in [1.807, 2.05) is 0 Å². The zero-order valence-electron chi connectivity index (χ0n) is 9.77. The van der Waals surface area contributed by atoms with Gasteiger partial charge in [-0.2, -0.15) is 5.10 Å². The molecule has 98 valence electrons. The van der Waals surface area contributed by atoms with Gasteiger partial charge < -0.3 is 15.2 Å². The Morgan fingerprint density at radius 2 is 2.05 bits per heavy atom. The molecule has 6 nitrogen and oxygen atoms in total. The van der Waals surface area contributed by atoms with Gasteiger partial charge in [0.05, 0.1) is 16.3 Å². The standard InChI is InChI=1S/C12H10ClN3O3/c13-8-3-6(9-4-10(14)16-15-9)11-12(7(8)5-17)19-2-1-18-11/h3-5H,1-2H2,(H3,14,15,16). The lowest BCUT2D eigenvalue weighted by atomic mass is 10.1. The monoisotopic (exact) mass is 279 g/mol. The summed E-state index contributed by atoms with van der Waals surface area (Å²) < 4.78 is 11.1. The third-order valence-corrected chi connectivity index (χ3v) is 3.12. The van der Waals surface area contributed by atoms with Gasteiger partial charge in [0.2, 0.25) is 0 Å². The number of aromatic amines is 1. The van der Waals surface area contributed by atoms with Gasteiger partial charge in [-0.25, -0.2) is 0 Å². The van der Waals surface area contributed by atoms with Crippen molar-refractivity contribution in [3.8, 4) is 22.8 Å². The van der Waals surface area contributed by atoms with Crippen molar-refractivity contribution in [1.82, 2.24) is 10.2 Å². The van der Waals surface area contributed by atoms with E-state index in [0.717, 1.165) is 0 Å². The number of ether oxygens (including phenoxy) is 2. The summed E-state index contributed by atoms with van der Waals surface area (Å²) >= 11 is 6.09. The molecule has 0 bridgehead atoms. The largest absolute Gasteiger partial charge is 0.485 e. The number of rotatable bonds is 2. The zero-order chi connectivity index (χ0) is 13.4. The van der Waals surface area contributed by atoms with Crippen molar-refractivity contribution in [2.24, 2.45) is 0 Å². The van der Waals surface area contributed by atoms with Gasteiger partial charge in [-0.15, -0.1) is 0 Å². The average molecular weight is 280 g/mol. The second kappa shape index (κ2) is 4.47. The number of nitrogens with one attached hydrogen (secondary N) is 1. The number of carbonyl (C=O) groups is 1. The number of nitrogens with two attached hydrogens (primary N) is 1. The van der Waals surface area contributed by atoms with Crippen molar-refractivity contribution >= 4 is 23.7 Å². The molecule has 7 heteroatoms. The summed E-state index contributed by atoms with van der Waals surface area (Å²) in [6, 6.07) is 3.29. The second-order valence-corrected chi connectivity index (χ2v) is 4.41. The van der Waals surface area contributed by atoms with Gasteiger partial charge in [0, 0.05) is 11.6 Å². The number of nitrogen functional groups attached to an aromatic ring is 1. The van der Waals surface area contributed by atoms with Crippen LogP contribution in [0.3, 0.4) is 0 Å². The number of aldehydes is 1. The topological polar surface area (TPSA) is 90.2 Å². The molecule has 3 rings (SSSR count). The predicted octanol–water partition coefficient (Wildman–Crippen LogP) is 1.90. The van der Waals surface area contributed by atoms with Crippen LogP contribution in [0.25, 0.3) is 11.3 Å². The summed E-state index contributed by atoms with van der Waals surface area (Å²) in [6.45, 7) is 0.780. The maximum absolute atomic E-state index is 11.1. The van der Waals surface area contributed by atoms with Crippen molar-refractivity contribution in [3.63, 3.8) is 0 Å². The Kier molecular flexibility index (Phi) is 2.79. The predicted molar refractivity (Wildman–Crippen MR) is 69.8 cm³/mol. The van der Waals surface area contributed by atoms with E-state index >= 15 is 0 Å². The number of hydrogen-bond acceptors (Lipinski definition) is 5. The van der Waals surface area contributed by atoms with Crippen molar-refractivity contribution in [2.75, 3.05) is 18.9 Å². The minimum absolute atomic E-state index is 0.285. The Hall–Kier alpha value is -2.21. The Bertz CT molecular complexity index is 654. The van der Waals surface area contributed by atoms with Gasteiger partial charge in [-0.3, -0.25) is 9.89 Å². The fraction of sp³-hybridized carbons (Fsp3) is 0.167. The van der Waals surface area contributed by atoms with Crippen LogP contribution in [0.2, 0.25) is 5.02 Å². The fourth-order valence-electron chi connectivity index (χ4n) is 1.98. The maximum Gasteiger partial charge on any atom is 0.174 e. The maximum atomic E-state index is 11.1. The van der Waals surface area contributed by atoms with Crippen LogP contribution in [0.4, 0.5) is 5.82 Å². The third-order valence-electron chi connectivity index (χ3n) is 2.81. The number of carbonyl (C=O) groups excluding carboxylic acids is 1. The fourth-order valence-corrected chi connectivity index (χ4v) is 2.22. The van der Waals surface area contributed by atoms with Crippen LogP contribution < -0.4 is 15.2 Å². The number of aromatic nitrogens is 2. The van der Waals surface area contributed by atoms with Crippen LogP contribution in [0.5, 0.6) is 11.5 Å². The summed E-state index contributed by atoms with van der Waals surface area (Å²) in [6.07, 6.45) is 0.654. The molecule has 19 heavy (non-hydrogen) atoms. The quantitative estimate of drug-likeness (QED) is 0.819. The Morgan fingerprint density at radius 1 is 1.32 bits per heavy atom. The van der Waals surface area contributed by atoms with Gasteiger partial charge in [-0.05, 0) is 6.07 Å². The van der Waals surface area contributed by atoms with E-state index in [1.165, 1.54) is 0 Å². The highest BCUT2D eigenvalue weighted by atomic mass is 35.5. The zero-order valence-corrected chi connectivity index (χ0v) is 10.5. The minimum atomic E-state index is 0.285. The minimum Gasteiger partial charge on any atom is -0.485 e. The molecular formula is C12H10ClN3O3. The molecule has 2 heterocycles. The van der Waals surface area contributed by atoms with Crippen LogP contribution in [-0.4, -0.2) is 29.7 Å². The summed E-state index contributed by atoms with van der Waals surface area (Å²) in [5.41, 5.74) is 7.18. The van der Waals surface area contributed by atoms with E-state index in [2.05, 4.69) is 10.2 Å². The molecule has 0 saturated heterocycles. The molecule has 0 atom stereocenters. The molecule has 1 aromatic heterocycles. The Balaban J connectivity index is 2.25. The first kappa shape index (κ1) is 11.9. The number of anilines is 1. The molecule has 0 saturated carbocycles. The highest BCUT2D eigenvalue weighted by molar-refractivity contribution is 6.33. The van der Waals surface area contributed by atoms with Crippen molar-refractivity contribution in [2.45, 2.75) is 0 Å².